The van der Waals surface area contributed by atoms with E-state index < -0.39 is 0 Å². The smallest absolute Gasteiger partial charge is 0.253 e. The molecule has 2 aromatic rings. The lowest BCUT2D eigenvalue weighted by Gasteiger charge is -2.28. The van der Waals surface area contributed by atoms with E-state index >= 15 is 0 Å². The summed E-state index contributed by atoms with van der Waals surface area (Å²) in [6.07, 6.45) is 2.34. The summed E-state index contributed by atoms with van der Waals surface area (Å²) in [5.74, 6) is 1.37. The maximum atomic E-state index is 12.8. The van der Waals surface area contributed by atoms with Crippen LogP contribution in [0.1, 0.15) is 18.4 Å². The van der Waals surface area contributed by atoms with E-state index in [1.54, 1.807) is 0 Å². The predicted molar refractivity (Wildman–Crippen MR) is 124 cm³/mol. The van der Waals surface area contributed by atoms with Gasteiger partial charge in [-0.15, -0.1) is 0 Å². The Bertz CT molecular complexity index is 987. The van der Waals surface area contributed by atoms with E-state index in [0.717, 1.165) is 36.9 Å². The lowest BCUT2D eigenvalue weighted by atomic mass is 10.1. The fraction of sp³-hybridized carbons (Fsp3) is 0.545. The summed E-state index contributed by atoms with van der Waals surface area (Å²) >= 11 is 5.67. The number of H-pyrrole nitrogens is 1. The number of hydrogen-bond acceptors (Lipinski definition) is 6. The number of fused-ring (bicyclic) bond motifs is 2. The Labute approximate surface area is 187 Å². The van der Waals surface area contributed by atoms with Crippen LogP contribution in [0.25, 0.3) is 10.9 Å². The van der Waals surface area contributed by atoms with Crippen LogP contribution in [0.15, 0.2) is 23.0 Å². The zero-order chi connectivity index (χ0) is 21.8. The Kier molecular flexibility index (Phi) is 6.94. The largest absolute Gasteiger partial charge is 0.486 e. The first-order valence-corrected chi connectivity index (χ1v) is 11.1. The molecule has 0 amide bonds. The third kappa shape index (κ3) is 5.47. The van der Waals surface area contributed by atoms with Crippen molar-refractivity contribution in [1.29, 1.82) is 0 Å². The number of hydrogen-bond donors (Lipinski definition) is 2. The first kappa shape index (κ1) is 21.9. The molecule has 8 nitrogen and oxygen atoms in total. The average Bonchev–Trinajstić information content (AvgIpc) is 3.27. The van der Waals surface area contributed by atoms with E-state index in [0.29, 0.717) is 55.0 Å². The molecule has 168 valence electrons. The summed E-state index contributed by atoms with van der Waals surface area (Å²) in [5.41, 5.74) is 1.27. The SMILES string of the molecule is CN(C)CCN(Cc1cc2cc3c(cc2[nH]c1=O)OCCO3)C(=S)NC[C@@H]1CCCO1. The average molecular weight is 447 g/mol. The Morgan fingerprint density at radius 3 is 2.65 bits per heavy atom. The van der Waals surface area contributed by atoms with Crippen LogP contribution in [-0.4, -0.2) is 79.6 Å². The van der Waals surface area contributed by atoms with Gasteiger partial charge in [-0.05, 0) is 51.3 Å². The Balaban J connectivity index is 1.53. The van der Waals surface area contributed by atoms with Crippen molar-refractivity contribution in [2.45, 2.75) is 25.5 Å². The van der Waals surface area contributed by atoms with E-state index in [-0.39, 0.29) is 11.7 Å². The molecule has 0 saturated carbocycles. The molecule has 0 bridgehead atoms. The van der Waals surface area contributed by atoms with Crippen molar-refractivity contribution in [3.8, 4) is 11.5 Å². The lowest BCUT2D eigenvalue weighted by Crippen LogP contribution is -2.45. The summed E-state index contributed by atoms with van der Waals surface area (Å²) in [7, 11) is 4.05. The highest BCUT2D eigenvalue weighted by Gasteiger charge is 2.19. The Morgan fingerprint density at radius 2 is 1.94 bits per heavy atom. The molecule has 2 aliphatic heterocycles. The third-order valence-electron chi connectivity index (χ3n) is 5.55. The Morgan fingerprint density at radius 1 is 1.16 bits per heavy atom. The van der Waals surface area contributed by atoms with Gasteiger partial charge >= 0.3 is 0 Å². The molecule has 2 aliphatic rings. The van der Waals surface area contributed by atoms with E-state index in [1.807, 2.05) is 37.2 Å². The second-order valence-electron chi connectivity index (χ2n) is 8.25. The summed E-state index contributed by atoms with van der Waals surface area (Å²) < 4.78 is 17.0. The number of nitrogens with zero attached hydrogens (tertiary/aromatic N) is 2. The normalized spacial score (nSPS) is 17.8. The second-order valence-corrected chi connectivity index (χ2v) is 8.64. The predicted octanol–water partition coefficient (Wildman–Crippen LogP) is 1.72. The van der Waals surface area contributed by atoms with Crippen LogP contribution in [0, 0.1) is 0 Å². The van der Waals surface area contributed by atoms with Gasteiger partial charge in [-0.3, -0.25) is 4.79 Å². The van der Waals surface area contributed by atoms with Crippen LogP contribution in [0.5, 0.6) is 11.5 Å². The van der Waals surface area contributed by atoms with Crippen LogP contribution in [-0.2, 0) is 11.3 Å². The van der Waals surface area contributed by atoms with Gasteiger partial charge in [-0.2, -0.15) is 0 Å². The molecule has 1 aromatic carbocycles. The highest BCUT2D eigenvalue weighted by Crippen LogP contribution is 2.33. The van der Waals surface area contributed by atoms with Crippen molar-refractivity contribution in [3.05, 3.63) is 34.1 Å². The van der Waals surface area contributed by atoms with Gasteiger partial charge in [0.25, 0.3) is 5.56 Å². The van der Waals surface area contributed by atoms with E-state index in [9.17, 15) is 4.79 Å². The number of nitrogens with one attached hydrogen (secondary N) is 2. The van der Waals surface area contributed by atoms with Crippen molar-refractivity contribution in [3.63, 3.8) is 0 Å². The van der Waals surface area contributed by atoms with E-state index in [1.165, 1.54) is 0 Å². The molecule has 0 aliphatic carbocycles. The molecule has 0 spiro atoms. The summed E-state index contributed by atoms with van der Waals surface area (Å²) in [6, 6.07) is 5.66. The van der Waals surface area contributed by atoms with Gasteiger partial charge < -0.3 is 34.3 Å². The monoisotopic (exact) mass is 446 g/mol. The minimum absolute atomic E-state index is 0.124. The molecule has 0 unspecified atom stereocenters. The summed E-state index contributed by atoms with van der Waals surface area (Å²) in [5, 5.41) is 4.88. The minimum atomic E-state index is -0.124. The first-order valence-electron chi connectivity index (χ1n) is 10.7. The molecule has 1 fully saturated rings. The number of thiocarbonyl (C=S) groups is 1. The second kappa shape index (κ2) is 9.84. The van der Waals surface area contributed by atoms with E-state index in [4.69, 9.17) is 26.4 Å². The fourth-order valence-corrected chi connectivity index (χ4v) is 4.04. The quantitative estimate of drug-likeness (QED) is 0.623. The van der Waals surface area contributed by atoms with Gasteiger partial charge in [0.1, 0.15) is 13.2 Å². The molecule has 3 heterocycles. The number of pyridine rings is 1. The van der Waals surface area contributed by atoms with Crippen LogP contribution < -0.4 is 20.3 Å². The molecular formula is C22H30N4O4S. The summed E-state index contributed by atoms with van der Waals surface area (Å²) in [4.78, 5) is 19.9. The molecule has 1 aromatic heterocycles. The van der Waals surface area contributed by atoms with Gasteiger partial charge in [0.2, 0.25) is 0 Å². The van der Waals surface area contributed by atoms with Crippen LogP contribution in [0.2, 0.25) is 0 Å². The zero-order valence-electron chi connectivity index (χ0n) is 18.1. The Hall–Kier alpha value is -2.36. The number of benzene rings is 1. The first-order chi connectivity index (χ1) is 15.0. The zero-order valence-corrected chi connectivity index (χ0v) is 18.9. The number of ether oxygens (including phenoxy) is 3. The maximum absolute atomic E-state index is 12.8. The van der Waals surface area contributed by atoms with Crippen molar-refractivity contribution in [2.24, 2.45) is 0 Å². The van der Waals surface area contributed by atoms with Gasteiger partial charge in [-0.1, -0.05) is 0 Å². The van der Waals surface area contributed by atoms with Gasteiger partial charge in [0.15, 0.2) is 16.6 Å². The third-order valence-corrected chi connectivity index (χ3v) is 5.96. The van der Waals surface area contributed by atoms with Crippen molar-refractivity contribution in [1.82, 2.24) is 20.1 Å². The molecule has 2 N–H and O–H groups in total. The van der Waals surface area contributed by atoms with Crippen LogP contribution >= 0.6 is 12.2 Å². The molecule has 31 heavy (non-hydrogen) atoms. The standard InChI is InChI=1S/C22H30N4O4S/c1-25(2)5-6-26(22(31)23-13-17-4-3-7-28-17)14-16-10-15-11-19-20(30-9-8-29-19)12-18(15)24-21(16)27/h10-12,17H,3-9,13-14H2,1-2H3,(H,23,31)(H,24,27)/t17-/m0/s1. The molecule has 4 rings (SSSR count). The van der Waals surface area contributed by atoms with E-state index in [2.05, 4.69) is 15.2 Å². The highest BCUT2D eigenvalue weighted by atomic mass is 32.1. The van der Waals surface area contributed by atoms with Crippen LogP contribution in [0.4, 0.5) is 0 Å². The molecule has 1 atom stereocenters. The molecule has 9 heteroatoms. The topological polar surface area (TPSA) is 79.1 Å². The van der Waals surface area contributed by atoms with Crippen molar-refractivity contribution >= 4 is 28.2 Å². The van der Waals surface area contributed by atoms with Crippen molar-refractivity contribution in [2.75, 3.05) is 53.6 Å². The minimum Gasteiger partial charge on any atom is -0.486 e. The number of aromatic amines is 1. The fourth-order valence-electron chi connectivity index (χ4n) is 3.80. The summed E-state index contributed by atoms with van der Waals surface area (Å²) in [6.45, 7) is 4.50. The maximum Gasteiger partial charge on any atom is 0.253 e. The highest BCUT2D eigenvalue weighted by molar-refractivity contribution is 7.80. The number of aromatic nitrogens is 1. The van der Waals surface area contributed by atoms with Crippen molar-refractivity contribution < 1.29 is 14.2 Å². The molecule has 0 radical (unpaired) electrons. The van der Waals surface area contributed by atoms with Gasteiger partial charge in [0.05, 0.1) is 18.2 Å². The van der Waals surface area contributed by atoms with Gasteiger partial charge in [-0.25, -0.2) is 0 Å². The molecular weight excluding hydrogens is 416 g/mol. The molecule has 1 saturated heterocycles. The number of likely N-dealkylation sites (N-methyl/N-ethyl adjacent to an activating group) is 1. The lowest BCUT2D eigenvalue weighted by molar-refractivity contribution is 0.113. The van der Waals surface area contributed by atoms with Crippen LogP contribution in [0.3, 0.4) is 0 Å². The van der Waals surface area contributed by atoms with Gasteiger partial charge in [0, 0.05) is 43.3 Å². The number of rotatable bonds is 7.